The summed E-state index contributed by atoms with van der Waals surface area (Å²) in [5, 5.41) is 10.7. The summed E-state index contributed by atoms with van der Waals surface area (Å²) < 4.78 is 1.94. The standard InChI is InChI=1S/C11H18N5OP/c1-13-3-2-12-10(13)9(17)11-16-5-14-4-15(6-16)8-18(11)7-14/h2-3,9,11,17H,4-8H2,1H3. The summed E-state index contributed by atoms with van der Waals surface area (Å²) in [5.74, 6) is 1.09. The van der Waals surface area contributed by atoms with Gasteiger partial charge in [-0.3, -0.25) is 14.7 Å². The molecular formula is C11H18N5OP. The number of aromatic nitrogens is 2. The van der Waals surface area contributed by atoms with Crippen LogP contribution in [0.25, 0.3) is 0 Å². The largest absolute Gasteiger partial charge is 0.383 e. The fourth-order valence-electron chi connectivity index (χ4n) is 3.43. The van der Waals surface area contributed by atoms with Gasteiger partial charge in [0.05, 0.1) is 25.8 Å². The predicted octanol–water partition coefficient (Wildman–Crippen LogP) is -0.00420. The molecule has 0 radical (unpaired) electrons. The van der Waals surface area contributed by atoms with E-state index in [1.54, 1.807) is 6.20 Å². The van der Waals surface area contributed by atoms with E-state index in [9.17, 15) is 5.11 Å². The Kier molecular flexibility index (Phi) is 2.51. The third kappa shape index (κ3) is 1.57. The van der Waals surface area contributed by atoms with E-state index in [1.807, 2.05) is 17.8 Å². The average molecular weight is 267 g/mol. The van der Waals surface area contributed by atoms with E-state index in [1.165, 1.54) is 12.6 Å². The Morgan fingerprint density at radius 1 is 1.33 bits per heavy atom. The van der Waals surface area contributed by atoms with Crippen LogP contribution in [-0.2, 0) is 7.05 Å². The molecule has 4 fully saturated rings. The Bertz CT molecular complexity index is 436. The Morgan fingerprint density at radius 3 is 2.61 bits per heavy atom. The predicted molar refractivity (Wildman–Crippen MR) is 68.7 cm³/mol. The fraction of sp³-hybridized carbons (Fsp3) is 0.727. The van der Waals surface area contributed by atoms with Crippen molar-refractivity contribution in [3.05, 3.63) is 18.2 Å². The van der Waals surface area contributed by atoms with Crippen LogP contribution in [-0.4, -0.2) is 67.7 Å². The highest BCUT2D eigenvalue weighted by Crippen LogP contribution is 2.56. The van der Waals surface area contributed by atoms with Crippen molar-refractivity contribution in [2.75, 3.05) is 32.6 Å². The van der Waals surface area contributed by atoms with E-state index in [0.29, 0.717) is 0 Å². The van der Waals surface area contributed by atoms with Gasteiger partial charge < -0.3 is 9.67 Å². The summed E-state index contributed by atoms with van der Waals surface area (Å²) in [7, 11) is 1.80. The van der Waals surface area contributed by atoms with Gasteiger partial charge in [-0.2, -0.15) is 0 Å². The molecule has 0 spiro atoms. The lowest BCUT2D eigenvalue weighted by atomic mass is 10.3. The Hall–Kier alpha value is -0.520. The van der Waals surface area contributed by atoms with Crippen molar-refractivity contribution in [1.82, 2.24) is 24.3 Å². The molecule has 4 bridgehead atoms. The van der Waals surface area contributed by atoms with Crippen LogP contribution in [0.1, 0.15) is 11.9 Å². The van der Waals surface area contributed by atoms with Crippen molar-refractivity contribution in [1.29, 1.82) is 0 Å². The summed E-state index contributed by atoms with van der Waals surface area (Å²) in [6, 6.07) is 0. The van der Waals surface area contributed by atoms with E-state index in [2.05, 4.69) is 19.7 Å². The molecule has 4 saturated heterocycles. The Balaban J connectivity index is 1.63. The zero-order chi connectivity index (χ0) is 12.3. The van der Waals surface area contributed by atoms with Crippen LogP contribution in [0.2, 0.25) is 0 Å². The van der Waals surface area contributed by atoms with Crippen molar-refractivity contribution in [2.45, 2.75) is 11.9 Å². The second-order valence-electron chi connectivity index (χ2n) is 5.48. The van der Waals surface area contributed by atoms with Crippen LogP contribution < -0.4 is 0 Å². The number of aryl methyl sites for hydroxylation is 1. The number of aliphatic hydroxyl groups excluding tert-OH is 1. The molecule has 0 amide bonds. The van der Waals surface area contributed by atoms with Gasteiger partial charge in [0.25, 0.3) is 0 Å². The molecule has 1 N–H and O–H groups in total. The van der Waals surface area contributed by atoms with Crippen molar-refractivity contribution in [3.63, 3.8) is 0 Å². The first-order valence-electron chi connectivity index (χ1n) is 6.30. The molecule has 6 nitrogen and oxygen atoms in total. The van der Waals surface area contributed by atoms with E-state index in [4.69, 9.17) is 0 Å². The van der Waals surface area contributed by atoms with Gasteiger partial charge >= 0.3 is 0 Å². The van der Waals surface area contributed by atoms with Gasteiger partial charge in [-0.05, 0) is 0 Å². The molecule has 1 aromatic heterocycles. The third-order valence-electron chi connectivity index (χ3n) is 4.08. The van der Waals surface area contributed by atoms with Gasteiger partial charge in [0.15, 0.2) is 0 Å². The average Bonchev–Trinajstić information content (AvgIpc) is 2.73. The van der Waals surface area contributed by atoms with E-state index in [0.717, 1.165) is 25.8 Å². The molecule has 4 unspecified atom stereocenters. The smallest absolute Gasteiger partial charge is 0.139 e. The SMILES string of the molecule is Cn1ccnc1C(O)C1N2CN3CN(C2)CP1C3. The zero-order valence-electron chi connectivity index (χ0n) is 10.5. The minimum Gasteiger partial charge on any atom is -0.383 e. The van der Waals surface area contributed by atoms with E-state index >= 15 is 0 Å². The lowest BCUT2D eigenvalue weighted by Gasteiger charge is -2.59. The van der Waals surface area contributed by atoms with E-state index in [-0.39, 0.29) is 13.7 Å². The highest BCUT2D eigenvalue weighted by Gasteiger charge is 2.48. The minimum atomic E-state index is -0.446. The molecule has 4 atom stereocenters. The molecule has 7 heteroatoms. The lowest BCUT2D eigenvalue weighted by molar-refractivity contribution is -0.0724. The number of aliphatic hydroxyl groups is 1. The quantitative estimate of drug-likeness (QED) is 0.764. The van der Waals surface area contributed by atoms with Gasteiger partial charge in [-0.25, -0.2) is 4.98 Å². The third-order valence-corrected chi connectivity index (χ3v) is 6.96. The number of nitrogens with zero attached hydrogens (tertiary/aromatic N) is 5. The zero-order valence-corrected chi connectivity index (χ0v) is 11.4. The maximum absolute atomic E-state index is 10.7. The highest BCUT2D eigenvalue weighted by atomic mass is 31.1. The molecule has 5 heterocycles. The van der Waals surface area contributed by atoms with Gasteiger partial charge in [0, 0.05) is 32.0 Å². The van der Waals surface area contributed by atoms with Crippen LogP contribution in [0.3, 0.4) is 0 Å². The number of hydrogen-bond acceptors (Lipinski definition) is 5. The molecule has 18 heavy (non-hydrogen) atoms. The summed E-state index contributed by atoms with van der Waals surface area (Å²) in [5.41, 5.74) is 0. The van der Waals surface area contributed by atoms with Crippen LogP contribution in [0, 0.1) is 0 Å². The van der Waals surface area contributed by atoms with Crippen LogP contribution in [0.4, 0.5) is 0 Å². The topological polar surface area (TPSA) is 47.8 Å². The van der Waals surface area contributed by atoms with Crippen LogP contribution >= 0.6 is 7.92 Å². The number of imidazole rings is 1. The summed E-state index contributed by atoms with van der Waals surface area (Å²) in [6.45, 7) is 3.11. The van der Waals surface area contributed by atoms with Crippen LogP contribution in [0.15, 0.2) is 12.4 Å². The molecule has 98 valence electrons. The van der Waals surface area contributed by atoms with Crippen LogP contribution in [0.5, 0.6) is 0 Å². The molecule has 1 aromatic rings. The maximum Gasteiger partial charge on any atom is 0.139 e. The summed E-state index contributed by atoms with van der Waals surface area (Å²) in [4.78, 5) is 11.7. The second kappa shape index (κ2) is 3.99. The lowest BCUT2D eigenvalue weighted by Crippen LogP contribution is -2.66. The van der Waals surface area contributed by atoms with Gasteiger partial charge in [-0.15, -0.1) is 0 Å². The van der Waals surface area contributed by atoms with Crippen molar-refractivity contribution in [3.8, 4) is 0 Å². The molecule has 0 saturated carbocycles. The van der Waals surface area contributed by atoms with Crippen molar-refractivity contribution >= 4 is 7.92 Å². The monoisotopic (exact) mass is 267 g/mol. The van der Waals surface area contributed by atoms with Gasteiger partial charge in [-0.1, -0.05) is 7.92 Å². The van der Waals surface area contributed by atoms with E-state index < -0.39 is 6.10 Å². The van der Waals surface area contributed by atoms with Gasteiger partial charge in [0.2, 0.25) is 0 Å². The molecule has 4 aliphatic heterocycles. The Morgan fingerprint density at radius 2 is 2.06 bits per heavy atom. The summed E-state index contributed by atoms with van der Waals surface area (Å²) >= 11 is 0. The molecular weight excluding hydrogens is 249 g/mol. The molecule has 0 aromatic carbocycles. The number of hydrogen-bond donors (Lipinski definition) is 1. The first-order valence-corrected chi connectivity index (χ1v) is 8.08. The second-order valence-corrected chi connectivity index (χ2v) is 7.75. The minimum absolute atomic E-state index is 0.157. The number of rotatable bonds is 2. The van der Waals surface area contributed by atoms with Crippen molar-refractivity contribution < 1.29 is 5.11 Å². The summed E-state index contributed by atoms with van der Waals surface area (Å²) in [6.07, 6.45) is 5.58. The first kappa shape index (κ1) is 11.3. The highest BCUT2D eigenvalue weighted by molar-refractivity contribution is 7.58. The Labute approximate surface area is 108 Å². The fourth-order valence-corrected chi connectivity index (χ4v) is 6.38. The first-order chi connectivity index (χ1) is 8.72. The maximum atomic E-state index is 10.7. The molecule has 5 rings (SSSR count). The normalized spacial score (nSPS) is 43.3. The molecule has 4 aliphatic rings. The molecule has 0 aliphatic carbocycles. The van der Waals surface area contributed by atoms with Gasteiger partial charge in [0.1, 0.15) is 11.9 Å². The van der Waals surface area contributed by atoms with Crippen molar-refractivity contribution in [2.24, 2.45) is 7.05 Å².